The van der Waals surface area contributed by atoms with Crippen LogP contribution in [0.15, 0.2) is 34.7 Å². The molecular formula is C11H10N6S2. The quantitative estimate of drug-likeness (QED) is 0.331. The fourth-order valence-electron chi connectivity index (χ4n) is 1.58. The van der Waals surface area contributed by atoms with Gasteiger partial charge in [-0.15, -0.1) is 11.3 Å². The highest BCUT2D eigenvalue weighted by atomic mass is 32.2. The SMILES string of the molecule is Cc1cc2c(Sc3ncccn3)nc(NN)nc2s1. The summed E-state index contributed by atoms with van der Waals surface area (Å²) in [7, 11) is 0. The molecular weight excluding hydrogens is 280 g/mol. The van der Waals surface area contributed by atoms with Gasteiger partial charge in [0.05, 0.1) is 0 Å². The number of nitrogens with one attached hydrogen (secondary N) is 1. The number of nitrogens with zero attached hydrogens (tertiary/aromatic N) is 4. The van der Waals surface area contributed by atoms with Crippen molar-refractivity contribution in [3.63, 3.8) is 0 Å². The molecule has 96 valence electrons. The van der Waals surface area contributed by atoms with Crippen LogP contribution in [0.25, 0.3) is 10.2 Å². The second kappa shape index (κ2) is 5.08. The van der Waals surface area contributed by atoms with Crippen molar-refractivity contribution in [1.29, 1.82) is 0 Å². The van der Waals surface area contributed by atoms with E-state index in [2.05, 4.69) is 31.4 Å². The van der Waals surface area contributed by atoms with Gasteiger partial charge in [-0.1, -0.05) is 0 Å². The number of hydrazine groups is 1. The van der Waals surface area contributed by atoms with Gasteiger partial charge in [0.15, 0.2) is 5.16 Å². The molecule has 3 heterocycles. The molecule has 0 aliphatic rings. The Hall–Kier alpha value is -1.77. The van der Waals surface area contributed by atoms with Crippen molar-refractivity contribution in [2.24, 2.45) is 5.84 Å². The van der Waals surface area contributed by atoms with Crippen LogP contribution >= 0.6 is 23.1 Å². The molecule has 0 atom stereocenters. The minimum atomic E-state index is 0.396. The summed E-state index contributed by atoms with van der Waals surface area (Å²) in [6, 6.07) is 3.84. The summed E-state index contributed by atoms with van der Waals surface area (Å²) in [5.41, 5.74) is 2.48. The normalized spacial score (nSPS) is 10.8. The molecule has 3 rings (SSSR count). The largest absolute Gasteiger partial charge is 0.292 e. The highest BCUT2D eigenvalue weighted by Crippen LogP contribution is 2.34. The zero-order chi connectivity index (χ0) is 13.2. The van der Waals surface area contributed by atoms with Crippen LogP contribution in [0.2, 0.25) is 0 Å². The smallest absolute Gasteiger partial charge is 0.239 e. The predicted octanol–water partition coefficient (Wildman–Crippen LogP) is 2.23. The van der Waals surface area contributed by atoms with Crippen LogP contribution in [-0.2, 0) is 0 Å². The Bertz CT molecular complexity index is 712. The van der Waals surface area contributed by atoms with E-state index in [0.29, 0.717) is 11.1 Å². The molecule has 0 unspecified atom stereocenters. The number of nitrogen functional groups attached to an aromatic ring is 1. The van der Waals surface area contributed by atoms with Crippen molar-refractivity contribution in [3.05, 3.63) is 29.4 Å². The van der Waals surface area contributed by atoms with Crippen LogP contribution in [0, 0.1) is 6.92 Å². The number of thiophene rings is 1. The lowest BCUT2D eigenvalue weighted by molar-refractivity contribution is 0.960. The summed E-state index contributed by atoms with van der Waals surface area (Å²) in [6.45, 7) is 2.04. The fraction of sp³-hybridized carbons (Fsp3) is 0.0909. The molecule has 0 aliphatic heterocycles. The first-order valence-corrected chi connectivity index (χ1v) is 7.09. The predicted molar refractivity (Wildman–Crippen MR) is 76.1 cm³/mol. The molecule has 0 amide bonds. The number of aromatic nitrogens is 4. The number of fused-ring (bicyclic) bond motifs is 1. The molecule has 0 aromatic carbocycles. The van der Waals surface area contributed by atoms with Gasteiger partial charge in [-0.3, -0.25) is 5.43 Å². The Balaban J connectivity index is 2.10. The molecule has 0 saturated carbocycles. The molecule has 8 heteroatoms. The van der Waals surface area contributed by atoms with Crippen LogP contribution in [-0.4, -0.2) is 19.9 Å². The molecule has 0 aliphatic carbocycles. The topological polar surface area (TPSA) is 89.6 Å². The third kappa shape index (κ3) is 2.50. The third-order valence-corrected chi connectivity index (χ3v) is 4.18. The lowest BCUT2D eigenvalue weighted by atomic mass is 10.4. The average Bonchev–Trinajstić information content (AvgIpc) is 2.80. The van der Waals surface area contributed by atoms with Gasteiger partial charge in [-0.2, -0.15) is 0 Å². The Morgan fingerprint density at radius 3 is 2.79 bits per heavy atom. The van der Waals surface area contributed by atoms with E-state index in [9.17, 15) is 0 Å². The van der Waals surface area contributed by atoms with Crippen molar-refractivity contribution in [1.82, 2.24) is 19.9 Å². The van der Waals surface area contributed by atoms with Crippen LogP contribution in [0.3, 0.4) is 0 Å². The summed E-state index contributed by atoms with van der Waals surface area (Å²) >= 11 is 3.00. The summed E-state index contributed by atoms with van der Waals surface area (Å²) in [5.74, 6) is 5.80. The number of nitrogens with two attached hydrogens (primary N) is 1. The van der Waals surface area contributed by atoms with Gasteiger partial charge in [0.25, 0.3) is 0 Å². The molecule has 0 saturated heterocycles. The summed E-state index contributed by atoms with van der Waals surface area (Å²) in [5, 5.41) is 2.45. The molecule has 3 N–H and O–H groups in total. The molecule has 0 fully saturated rings. The molecule has 0 radical (unpaired) electrons. The van der Waals surface area contributed by atoms with Crippen molar-refractivity contribution in [2.45, 2.75) is 17.1 Å². The summed E-state index contributed by atoms with van der Waals surface area (Å²) < 4.78 is 0. The highest BCUT2D eigenvalue weighted by Gasteiger charge is 2.12. The minimum absolute atomic E-state index is 0.396. The first-order valence-electron chi connectivity index (χ1n) is 5.46. The molecule has 0 spiro atoms. The van der Waals surface area contributed by atoms with E-state index in [-0.39, 0.29) is 0 Å². The van der Waals surface area contributed by atoms with Gasteiger partial charge in [-0.05, 0) is 30.8 Å². The van der Waals surface area contributed by atoms with Gasteiger partial charge >= 0.3 is 0 Å². The Labute approximate surface area is 117 Å². The molecule has 3 aromatic heterocycles. The lowest BCUT2D eigenvalue weighted by Gasteiger charge is -2.03. The monoisotopic (exact) mass is 290 g/mol. The molecule has 19 heavy (non-hydrogen) atoms. The standard InChI is InChI=1S/C11H10N6S2/c1-6-5-7-8(18-6)15-10(17-12)16-9(7)19-11-13-3-2-4-14-11/h2-5H,12H2,1H3,(H,15,16,17). The number of hydrogen-bond donors (Lipinski definition) is 2. The lowest BCUT2D eigenvalue weighted by Crippen LogP contribution is -2.10. The van der Waals surface area contributed by atoms with Gasteiger partial charge in [0.1, 0.15) is 9.86 Å². The van der Waals surface area contributed by atoms with Crippen molar-refractivity contribution in [3.8, 4) is 0 Å². The Kier molecular flexibility index (Phi) is 3.28. The first kappa shape index (κ1) is 12.3. The van der Waals surface area contributed by atoms with Crippen LogP contribution in [0.1, 0.15) is 4.88 Å². The summed E-state index contributed by atoms with van der Waals surface area (Å²) in [4.78, 5) is 19.2. The minimum Gasteiger partial charge on any atom is -0.292 e. The Morgan fingerprint density at radius 2 is 2.05 bits per heavy atom. The van der Waals surface area contributed by atoms with E-state index in [1.807, 2.05) is 6.92 Å². The van der Waals surface area contributed by atoms with Gasteiger partial charge in [0.2, 0.25) is 5.95 Å². The van der Waals surface area contributed by atoms with Crippen LogP contribution < -0.4 is 11.3 Å². The van der Waals surface area contributed by atoms with Gasteiger partial charge < -0.3 is 0 Å². The van der Waals surface area contributed by atoms with Crippen LogP contribution in [0.4, 0.5) is 5.95 Å². The maximum Gasteiger partial charge on any atom is 0.239 e. The second-order valence-electron chi connectivity index (χ2n) is 3.71. The fourth-order valence-corrected chi connectivity index (χ4v) is 3.32. The van der Waals surface area contributed by atoms with Crippen molar-refractivity contribution >= 4 is 39.3 Å². The van der Waals surface area contributed by atoms with E-state index in [4.69, 9.17) is 5.84 Å². The molecule has 6 nitrogen and oxygen atoms in total. The van der Waals surface area contributed by atoms with E-state index < -0.39 is 0 Å². The van der Waals surface area contributed by atoms with Gasteiger partial charge in [0, 0.05) is 22.7 Å². The number of anilines is 1. The van der Waals surface area contributed by atoms with E-state index >= 15 is 0 Å². The first-order chi connectivity index (χ1) is 9.26. The van der Waals surface area contributed by atoms with Gasteiger partial charge in [-0.25, -0.2) is 25.8 Å². The molecule has 0 bridgehead atoms. The third-order valence-electron chi connectivity index (χ3n) is 2.34. The number of rotatable bonds is 3. The number of hydrogen-bond acceptors (Lipinski definition) is 8. The van der Waals surface area contributed by atoms with E-state index in [1.54, 1.807) is 29.8 Å². The maximum absolute atomic E-state index is 5.40. The van der Waals surface area contributed by atoms with Crippen molar-refractivity contribution < 1.29 is 0 Å². The Morgan fingerprint density at radius 1 is 1.26 bits per heavy atom. The van der Waals surface area contributed by atoms with Crippen molar-refractivity contribution in [2.75, 3.05) is 5.43 Å². The highest BCUT2D eigenvalue weighted by molar-refractivity contribution is 7.99. The maximum atomic E-state index is 5.40. The number of aryl methyl sites for hydroxylation is 1. The van der Waals surface area contributed by atoms with E-state index in [1.165, 1.54) is 16.6 Å². The van der Waals surface area contributed by atoms with E-state index in [0.717, 1.165) is 15.2 Å². The summed E-state index contributed by atoms with van der Waals surface area (Å²) in [6.07, 6.45) is 3.41. The second-order valence-corrected chi connectivity index (χ2v) is 5.90. The molecule has 3 aromatic rings. The average molecular weight is 290 g/mol. The zero-order valence-corrected chi connectivity index (χ0v) is 11.6. The zero-order valence-electron chi connectivity index (χ0n) is 9.99. The van der Waals surface area contributed by atoms with Crippen LogP contribution in [0.5, 0.6) is 0 Å².